The second kappa shape index (κ2) is 12.2. The normalized spacial score (nSPS) is 21.9. The first kappa shape index (κ1) is 26.0. The average molecular weight is 472 g/mol. The standard InChI is InChI=1S/C26H37N3O5/c1-18-15-29(19(2)17-30)26(32)22-13-20(9-8-12-33-4)14-27-24(22)34-23(18)16-28(3)25(31)21-10-6-5-7-11-21/h13-14,18-19,21,23,30H,5-7,10-12,15-17H2,1-4H3/t18-,19+,23+/m0/s1. The third-order valence-electron chi connectivity index (χ3n) is 6.75. The number of amides is 2. The number of hydrogen-bond acceptors (Lipinski definition) is 6. The van der Waals surface area contributed by atoms with E-state index in [1.165, 1.54) is 6.42 Å². The number of rotatable bonds is 6. The summed E-state index contributed by atoms with van der Waals surface area (Å²) in [5, 5.41) is 9.80. The van der Waals surface area contributed by atoms with Gasteiger partial charge in [-0.2, -0.15) is 0 Å². The fourth-order valence-electron chi connectivity index (χ4n) is 4.62. The minimum atomic E-state index is -0.369. The van der Waals surface area contributed by atoms with Crippen molar-refractivity contribution in [1.29, 1.82) is 0 Å². The molecule has 34 heavy (non-hydrogen) atoms. The smallest absolute Gasteiger partial charge is 0.259 e. The van der Waals surface area contributed by atoms with Gasteiger partial charge in [0.2, 0.25) is 11.8 Å². The fourth-order valence-corrected chi connectivity index (χ4v) is 4.62. The lowest BCUT2D eigenvalue weighted by atomic mass is 9.88. The number of fused-ring (bicyclic) bond motifs is 1. The van der Waals surface area contributed by atoms with Gasteiger partial charge in [0.25, 0.3) is 5.91 Å². The van der Waals surface area contributed by atoms with Crippen LogP contribution in [0.4, 0.5) is 0 Å². The molecule has 1 aliphatic heterocycles. The van der Waals surface area contributed by atoms with E-state index >= 15 is 0 Å². The Morgan fingerprint density at radius 1 is 1.38 bits per heavy atom. The van der Waals surface area contributed by atoms with Crippen molar-refractivity contribution in [3.63, 3.8) is 0 Å². The first-order valence-corrected chi connectivity index (χ1v) is 12.2. The number of methoxy groups -OCH3 is 1. The highest BCUT2D eigenvalue weighted by atomic mass is 16.5. The molecular formula is C26H37N3O5. The summed E-state index contributed by atoms with van der Waals surface area (Å²) in [6.07, 6.45) is 6.51. The molecule has 0 unspecified atom stereocenters. The van der Waals surface area contributed by atoms with Crippen LogP contribution in [-0.2, 0) is 9.53 Å². The summed E-state index contributed by atoms with van der Waals surface area (Å²) in [6, 6.07) is 1.31. The highest BCUT2D eigenvalue weighted by Gasteiger charge is 2.35. The minimum absolute atomic E-state index is 0.0734. The van der Waals surface area contributed by atoms with Gasteiger partial charge in [0.1, 0.15) is 18.3 Å². The van der Waals surface area contributed by atoms with Gasteiger partial charge in [-0.3, -0.25) is 9.59 Å². The van der Waals surface area contributed by atoms with E-state index in [0.29, 0.717) is 24.2 Å². The molecule has 8 nitrogen and oxygen atoms in total. The third kappa shape index (κ3) is 6.28. The lowest BCUT2D eigenvalue weighted by Crippen LogP contribution is -2.51. The molecule has 0 saturated heterocycles. The maximum atomic E-state index is 13.4. The largest absolute Gasteiger partial charge is 0.472 e. The average Bonchev–Trinajstić information content (AvgIpc) is 2.86. The molecule has 0 aromatic carbocycles. The molecule has 2 amide bonds. The van der Waals surface area contributed by atoms with Gasteiger partial charge in [-0.25, -0.2) is 4.98 Å². The molecule has 1 aromatic heterocycles. The number of hydrogen-bond donors (Lipinski definition) is 1. The Morgan fingerprint density at radius 2 is 2.12 bits per heavy atom. The lowest BCUT2D eigenvalue weighted by Gasteiger charge is -2.38. The molecule has 186 valence electrons. The molecule has 2 aliphatic rings. The van der Waals surface area contributed by atoms with Gasteiger partial charge in [0.15, 0.2) is 0 Å². The van der Waals surface area contributed by atoms with Crippen LogP contribution in [0.15, 0.2) is 12.3 Å². The molecule has 1 N–H and O–H groups in total. The van der Waals surface area contributed by atoms with Crippen LogP contribution in [-0.4, -0.2) is 84.3 Å². The van der Waals surface area contributed by atoms with Gasteiger partial charge < -0.3 is 24.4 Å². The summed E-state index contributed by atoms with van der Waals surface area (Å²) in [5.74, 6) is 5.96. The van der Waals surface area contributed by atoms with Crippen LogP contribution < -0.4 is 4.74 Å². The summed E-state index contributed by atoms with van der Waals surface area (Å²) >= 11 is 0. The van der Waals surface area contributed by atoms with E-state index < -0.39 is 0 Å². The number of likely N-dealkylation sites (N-methyl/N-ethyl adjacent to an activating group) is 1. The molecule has 0 spiro atoms. The van der Waals surface area contributed by atoms with E-state index in [9.17, 15) is 14.7 Å². The summed E-state index contributed by atoms with van der Waals surface area (Å²) in [6.45, 7) is 4.74. The predicted octanol–water partition coefficient (Wildman–Crippen LogP) is 2.34. The Kier molecular flexibility index (Phi) is 9.31. The predicted molar refractivity (Wildman–Crippen MR) is 128 cm³/mol. The van der Waals surface area contributed by atoms with Crippen LogP contribution in [0.25, 0.3) is 0 Å². The molecule has 1 saturated carbocycles. The zero-order chi connectivity index (χ0) is 24.7. The van der Waals surface area contributed by atoms with Crippen molar-refractivity contribution < 1.29 is 24.2 Å². The fraction of sp³-hybridized carbons (Fsp3) is 0.654. The zero-order valence-electron chi connectivity index (χ0n) is 20.7. The number of carbonyl (C=O) groups is 2. The second-order valence-corrected chi connectivity index (χ2v) is 9.49. The van der Waals surface area contributed by atoms with Crippen molar-refractivity contribution in [3.05, 3.63) is 23.4 Å². The Labute approximate surface area is 202 Å². The van der Waals surface area contributed by atoms with Gasteiger partial charge in [-0.15, -0.1) is 0 Å². The van der Waals surface area contributed by atoms with E-state index in [0.717, 1.165) is 25.7 Å². The first-order chi connectivity index (χ1) is 16.3. The monoisotopic (exact) mass is 471 g/mol. The molecule has 2 heterocycles. The lowest BCUT2D eigenvalue weighted by molar-refractivity contribution is -0.136. The highest BCUT2D eigenvalue weighted by molar-refractivity contribution is 5.97. The van der Waals surface area contributed by atoms with Crippen LogP contribution in [0.2, 0.25) is 0 Å². The number of pyridine rings is 1. The number of aliphatic hydroxyl groups excluding tert-OH is 1. The van der Waals surface area contributed by atoms with Gasteiger partial charge >= 0.3 is 0 Å². The van der Waals surface area contributed by atoms with Crippen LogP contribution in [0.3, 0.4) is 0 Å². The van der Waals surface area contributed by atoms with Gasteiger partial charge in [0.05, 0.1) is 19.2 Å². The molecule has 1 aliphatic carbocycles. The van der Waals surface area contributed by atoms with Crippen LogP contribution in [0.1, 0.15) is 61.9 Å². The molecule has 1 fully saturated rings. The van der Waals surface area contributed by atoms with Crippen molar-refractivity contribution in [2.24, 2.45) is 11.8 Å². The molecular weight excluding hydrogens is 434 g/mol. The molecule has 0 radical (unpaired) electrons. The van der Waals surface area contributed by atoms with E-state index in [4.69, 9.17) is 9.47 Å². The molecule has 1 aromatic rings. The Balaban J connectivity index is 1.88. The Morgan fingerprint density at radius 3 is 2.79 bits per heavy atom. The van der Waals surface area contributed by atoms with Crippen molar-refractivity contribution in [1.82, 2.24) is 14.8 Å². The summed E-state index contributed by atoms with van der Waals surface area (Å²) in [5.41, 5.74) is 0.891. The quantitative estimate of drug-likeness (QED) is 0.641. The van der Waals surface area contributed by atoms with Gasteiger partial charge in [-0.1, -0.05) is 38.0 Å². The van der Waals surface area contributed by atoms with Gasteiger partial charge in [-0.05, 0) is 25.8 Å². The van der Waals surface area contributed by atoms with E-state index in [2.05, 4.69) is 16.8 Å². The van der Waals surface area contributed by atoms with Crippen LogP contribution >= 0.6 is 0 Å². The Hall–Kier alpha value is -2.63. The van der Waals surface area contributed by atoms with E-state index in [1.807, 2.05) is 20.9 Å². The number of ether oxygens (including phenoxy) is 2. The number of carbonyl (C=O) groups excluding carboxylic acids is 2. The zero-order valence-corrected chi connectivity index (χ0v) is 20.7. The highest BCUT2D eigenvalue weighted by Crippen LogP contribution is 2.29. The molecule has 3 rings (SSSR count). The van der Waals surface area contributed by atoms with Gasteiger partial charge in [0, 0.05) is 44.3 Å². The SMILES string of the molecule is COCC#Cc1cnc2c(c1)C(=O)N([C@H](C)CO)C[C@H](C)[C@@H](CN(C)C(=O)C1CCCCC1)O2. The van der Waals surface area contributed by atoms with Crippen molar-refractivity contribution in [2.75, 3.05) is 40.5 Å². The molecule has 0 bridgehead atoms. The first-order valence-electron chi connectivity index (χ1n) is 12.2. The summed E-state index contributed by atoms with van der Waals surface area (Å²) < 4.78 is 11.3. The number of nitrogens with zero attached hydrogens (tertiary/aromatic N) is 3. The van der Waals surface area contributed by atoms with Crippen LogP contribution in [0.5, 0.6) is 5.88 Å². The van der Waals surface area contributed by atoms with Crippen LogP contribution in [0, 0.1) is 23.7 Å². The van der Waals surface area contributed by atoms with Crippen molar-refractivity contribution >= 4 is 11.8 Å². The topological polar surface area (TPSA) is 92.2 Å². The molecule has 3 atom stereocenters. The third-order valence-corrected chi connectivity index (χ3v) is 6.75. The summed E-state index contributed by atoms with van der Waals surface area (Å²) in [7, 11) is 3.39. The number of aliphatic hydroxyl groups is 1. The maximum absolute atomic E-state index is 13.4. The number of aromatic nitrogens is 1. The summed E-state index contributed by atoms with van der Waals surface area (Å²) in [4.78, 5) is 34.3. The van der Waals surface area contributed by atoms with E-state index in [1.54, 1.807) is 29.2 Å². The van der Waals surface area contributed by atoms with Crippen molar-refractivity contribution in [2.45, 2.75) is 58.1 Å². The van der Waals surface area contributed by atoms with Crippen molar-refractivity contribution in [3.8, 4) is 17.7 Å². The second-order valence-electron chi connectivity index (χ2n) is 9.49. The maximum Gasteiger partial charge on any atom is 0.259 e. The Bertz CT molecular complexity index is 919. The molecule has 8 heteroatoms. The van der Waals surface area contributed by atoms with E-state index in [-0.39, 0.29) is 54.9 Å². The minimum Gasteiger partial charge on any atom is -0.472 e.